The summed E-state index contributed by atoms with van der Waals surface area (Å²) in [6.07, 6.45) is 1.23. The number of rotatable bonds is 4. The number of fused-ring (bicyclic) bond motifs is 1. The molecule has 1 aliphatic rings. The fourth-order valence-corrected chi connectivity index (χ4v) is 4.88. The molecule has 5 nitrogen and oxygen atoms in total. The monoisotopic (exact) mass is 424 g/mol. The lowest BCUT2D eigenvalue weighted by molar-refractivity contribution is 0.104. The smallest absolute Gasteiger partial charge is 0.270 e. The first-order chi connectivity index (χ1) is 14.0. The molecule has 7 heteroatoms. The molecule has 0 saturated heterocycles. The zero-order valence-electron chi connectivity index (χ0n) is 15.2. The number of nitrogens with one attached hydrogen (secondary N) is 1. The molecule has 4 rings (SSSR count). The van der Waals surface area contributed by atoms with E-state index in [0.717, 1.165) is 5.56 Å². The van der Waals surface area contributed by atoms with Crippen LogP contribution in [0.2, 0.25) is 5.02 Å². The molecule has 0 amide bonds. The van der Waals surface area contributed by atoms with Crippen molar-refractivity contribution in [3.63, 3.8) is 0 Å². The Balaban J connectivity index is 1.78. The minimum absolute atomic E-state index is 0.127. The summed E-state index contributed by atoms with van der Waals surface area (Å²) in [5, 5.41) is 3.39. The van der Waals surface area contributed by atoms with E-state index in [0.29, 0.717) is 22.0 Å². The minimum Gasteiger partial charge on any atom is -0.360 e. The second kappa shape index (κ2) is 7.73. The third kappa shape index (κ3) is 3.77. The summed E-state index contributed by atoms with van der Waals surface area (Å²) in [5.74, 6) is -0.542. The van der Waals surface area contributed by atoms with Gasteiger partial charge in [-0.05, 0) is 35.9 Å². The molecule has 146 valence electrons. The van der Waals surface area contributed by atoms with E-state index in [1.165, 1.54) is 10.5 Å². The Labute approximate surface area is 174 Å². The highest BCUT2D eigenvalue weighted by Gasteiger charge is 2.39. The molecule has 1 N–H and O–H groups in total. The first kappa shape index (κ1) is 19.2. The van der Waals surface area contributed by atoms with Gasteiger partial charge >= 0.3 is 0 Å². The van der Waals surface area contributed by atoms with Crippen LogP contribution in [0, 0.1) is 0 Å². The number of carbonyl (C=O) groups excluding carboxylic acids is 1. The van der Waals surface area contributed by atoms with Crippen molar-refractivity contribution in [2.24, 2.45) is 0 Å². The summed E-state index contributed by atoms with van der Waals surface area (Å²) in [6, 6.07) is 22.8. The lowest BCUT2D eigenvalue weighted by Gasteiger charge is -2.31. The molecule has 0 atom stereocenters. The number of hydrogen-bond donors (Lipinski definition) is 1. The number of sulfonamides is 1. The summed E-state index contributed by atoms with van der Waals surface area (Å²) >= 11 is 5.98. The van der Waals surface area contributed by atoms with E-state index in [4.69, 9.17) is 11.6 Å². The van der Waals surface area contributed by atoms with Gasteiger partial charge in [0.25, 0.3) is 10.0 Å². The highest BCUT2D eigenvalue weighted by atomic mass is 35.5. The van der Waals surface area contributed by atoms with E-state index in [-0.39, 0.29) is 11.4 Å². The summed E-state index contributed by atoms with van der Waals surface area (Å²) in [6.45, 7) is 0.127. The predicted octanol–water partition coefficient (Wildman–Crippen LogP) is 4.83. The average Bonchev–Trinajstić information content (AvgIpc) is 2.72. The Morgan fingerprint density at radius 2 is 1.66 bits per heavy atom. The Morgan fingerprint density at radius 3 is 2.41 bits per heavy atom. The number of nitrogens with zero attached hydrogens (tertiary/aromatic N) is 1. The van der Waals surface area contributed by atoms with Gasteiger partial charge in [0.2, 0.25) is 5.78 Å². The van der Waals surface area contributed by atoms with Crippen molar-refractivity contribution in [2.45, 2.75) is 6.54 Å². The molecule has 0 bridgehead atoms. The molecule has 29 heavy (non-hydrogen) atoms. The number of Topliss-reactive ketones (excluding diaryl/α,β-unsaturated/α-hetero) is 1. The van der Waals surface area contributed by atoms with Crippen molar-refractivity contribution < 1.29 is 13.2 Å². The van der Waals surface area contributed by atoms with Crippen LogP contribution in [0.3, 0.4) is 0 Å². The van der Waals surface area contributed by atoms with Crippen molar-refractivity contribution in [3.05, 3.63) is 106 Å². The topological polar surface area (TPSA) is 66.5 Å². The van der Waals surface area contributed by atoms with Crippen molar-refractivity contribution >= 4 is 38.8 Å². The van der Waals surface area contributed by atoms with Gasteiger partial charge in [0.15, 0.2) is 4.91 Å². The molecular weight excluding hydrogens is 408 g/mol. The maximum Gasteiger partial charge on any atom is 0.270 e. The van der Waals surface area contributed by atoms with Crippen LogP contribution >= 0.6 is 11.6 Å². The average molecular weight is 425 g/mol. The zero-order valence-corrected chi connectivity index (χ0v) is 16.8. The molecule has 3 aromatic carbocycles. The molecule has 0 unspecified atom stereocenters. The van der Waals surface area contributed by atoms with Gasteiger partial charge < -0.3 is 5.32 Å². The number of ketones is 1. The van der Waals surface area contributed by atoms with Crippen LogP contribution in [0.1, 0.15) is 15.9 Å². The molecular formula is C22H17ClN2O3S. The lowest BCUT2D eigenvalue weighted by Crippen LogP contribution is -2.39. The molecule has 0 aliphatic carbocycles. The molecule has 0 radical (unpaired) electrons. The fourth-order valence-electron chi connectivity index (χ4n) is 3.17. The fraction of sp³-hybridized carbons (Fsp3) is 0.0455. The maximum atomic E-state index is 13.3. The maximum absolute atomic E-state index is 13.3. The third-order valence-corrected chi connectivity index (χ3v) is 6.57. The van der Waals surface area contributed by atoms with E-state index < -0.39 is 15.8 Å². The van der Waals surface area contributed by atoms with Crippen molar-refractivity contribution in [1.82, 2.24) is 0 Å². The van der Waals surface area contributed by atoms with Gasteiger partial charge in [0.1, 0.15) is 0 Å². The SMILES string of the molecule is O=C1/C(=C\Nc2cccc(Cl)c2)S(=O)(=O)N(Cc2ccccc2)c2ccccc21. The quantitative estimate of drug-likeness (QED) is 0.609. The largest absolute Gasteiger partial charge is 0.360 e. The molecule has 0 aromatic heterocycles. The number of halogens is 1. The zero-order chi connectivity index (χ0) is 20.4. The van der Waals surface area contributed by atoms with Gasteiger partial charge in [0, 0.05) is 22.5 Å². The van der Waals surface area contributed by atoms with E-state index in [2.05, 4.69) is 5.32 Å². The number of allylic oxidation sites excluding steroid dienone is 1. The molecule has 0 spiro atoms. The number of para-hydroxylation sites is 1. The highest BCUT2D eigenvalue weighted by molar-refractivity contribution is 7.97. The lowest BCUT2D eigenvalue weighted by atomic mass is 10.1. The summed E-state index contributed by atoms with van der Waals surface area (Å²) in [7, 11) is -4.06. The molecule has 0 fully saturated rings. The molecule has 0 saturated carbocycles. The summed E-state index contributed by atoms with van der Waals surface area (Å²) in [4.78, 5) is 12.7. The number of carbonyl (C=O) groups is 1. The number of anilines is 2. The third-order valence-electron chi connectivity index (χ3n) is 4.57. The van der Waals surface area contributed by atoms with Gasteiger partial charge in [0.05, 0.1) is 12.2 Å². The first-order valence-electron chi connectivity index (χ1n) is 8.89. The Kier molecular flexibility index (Phi) is 5.13. The van der Waals surface area contributed by atoms with E-state index in [1.807, 2.05) is 30.3 Å². The van der Waals surface area contributed by atoms with Gasteiger partial charge in [-0.2, -0.15) is 0 Å². The van der Waals surface area contributed by atoms with Crippen LogP contribution in [-0.4, -0.2) is 14.2 Å². The summed E-state index contributed by atoms with van der Waals surface area (Å²) < 4.78 is 28.0. The Bertz CT molecular complexity index is 1210. The van der Waals surface area contributed by atoms with Crippen LogP contribution in [0.4, 0.5) is 11.4 Å². The van der Waals surface area contributed by atoms with Gasteiger partial charge in [-0.15, -0.1) is 0 Å². The highest BCUT2D eigenvalue weighted by Crippen LogP contribution is 2.36. The normalized spacial score (nSPS) is 16.5. The van der Waals surface area contributed by atoms with Gasteiger partial charge in [-0.3, -0.25) is 9.10 Å². The van der Waals surface area contributed by atoms with Crippen molar-refractivity contribution in [3.8, 4) is 0 Å². The Morgan fingerprint density at radius 1 is 0.931 bits per heavy atom. The van der Waals surface area contributed by atoms with Gasteiger partial charge in [-0.1, -0.05) is 60.1 Å². The second-order valence-electron chi connectivity index (χ2n) is 6.51. The molecule has 1 aliphatic heterocycles. The number of benzene rings is 3. The number of hydrogen-bond acceptors (Lipinski definition) is 4. The van der Waals surface area contributed by atoms with E-state index >= 15 is 0 Å². The Hall–Kier alpha value is -3.09. The molecule has 3 aromatic rings. The van der Waals surface area contributed by atoms with Crippen LogP contribution in [0.25, 0.3) is 0 Å². The predicted molar refractivity (Wildman–Crippen MR) is 115 cm³/mol. The van der Waals surface area contributed by atoms with Crippen molar-refractivity contribution in [1.29, 1.82) is 0 Å². The van der Waals surface area contributed by atoms with Crippen LogP contribution in [-0.2, 0) is 16.6 Å². The van der Waals surface area contributed by atoms with Crippen LogP contribution in [0.15, 0.2) is 90.0 Å². The summed E-state index contributed by atoms with van der Waals surface area (Å²) in [5.41, 5.74) is 2.13. The van der Waals surface area contributed by atoms with Crippen LogP contribution < -0.4 is 9.62 Å². The minimum atomic E-state index is -4.06. The van der Waals surface area contributed by atoms with Crippen molar-refractivity contribution in [2.75, 3.05) is 9.62 Å². The molecule has 1 heterocycles. The standard InChI is InChI=1S/C22H17ClN2O3S/c23-17-9-6-10-18(13-17)24-14-21-22(26)19-11-4-5-12-20(19)25(29(21,27)28)15-16-7-2-1-3-8-16/h1-14,24H,15H2/b21-14+. The van der Waals surface area contributed by atoms with E-state index in [1.54, 1.807) is 48.5 Å². The second-order valence-corrected chi connectivity index (χ2v) is 8.77. The van der Waals surface area contributed by atoms with Crippen LogP contribution in [0.5, 0.6) is 0 Å². The van der Waals surface area contributed by atoms with E-state index in [9.17, 15) is 13.2 Å². The first-order valence-corrected chi connectivity index (χ1v) is 10.7. The van der Waals surface area contributed by atoms with Gasteiger partial charge in [-0.25, -0.2) is 8.42 Å².